The van der Waals surface area contributed by atoms with E-state index in [1.165, 1.54) is 4.31 Å². The van der Waals surface area contributed by atoms with E-state index < -0.39 is 16.1 Å². The van der Waals surface area contributed by atoms with Crippen molar-refractivity contribution in [2.45, 2.75) is 37.7 Å². The highest BCUT2D eigenvalue weighted by atomic mass is 32.2. The summed E-state index contributed by atoms with van der Waals surface area (Å²) in [5.41, 5.74) is 0.713. The Labute approximate surface area is 109 Å². The fourth-order valence-corrected chi connectivity index (χ4v) is 2.81. The molecular formula is C13H21NO3S. The van der Waals surface area contributed by atoms with Gasteiger partial charge >= 0.3 is 0 Å². The Morgan fingerprint density at radius 3 is 2.28 bits per heavy atom. The minimum atomic E-state index is -3.40. The van der Waals surface area contributed by atoms with Crippen molar-refractivity contribution in [3.05, 3.63) is 29.8 Å². The van der Waals surface area contributed by atoms with Crippen LogP contribution in [0.4, 0.5) is 0 Å². The number of aliphatic hydroxyl groups is 1. The molecule has 1 N–H and O–H groups in total. The van der Waals surface area contributed by atoms with Gasteiger partial charge in [0.2, 0.25) is 10.0 Å². The SMILES string of the molecule is CCCCN(C)S(=O)(=O)c1ccc(C(C)O)cc1. The number of aliphatic hydroxyl groups excluding tert-OH is 1. The summed E-state index contributed by atoms with van der Waals surface area (Å²) >= 11 is 0. The monoisotopic (exact) mass is 271 g/mol. The Bertz CT molecular complexity index is 466. The van der Waals surface area contributed by atoms with Crippen LogP contribution in [0.2, 0.25) is 0 Å². The van der Waals surface area contributed by atoms with Crippen molar-refractivity contribution in [1.29, 1.82) is 0 Å². The first-order chi connectivity index (χ1) is 8.39. The van der Waals surface area contributed by atoms with Crippen LogP contribution in [-0.2, 0) is 10.0 Å². The van der Waals surface area contributed by atoms with Crippen molar-refractivity contribution in [2.24, 2.45) is 0 Å². The van der Waals surface area contributed by atoms with Crippen molar-refractivity contribution < 1.29 is 13.5 Å². The maximum absolute atomic E-state index is 12.2. The molecule has 1 aromatic carbocycles. The molecule has 0 fully saturated rings. The molecule has 1 atom stereocenters. The first-order valence-electron chi connectivity index (χ1n) is 6.14. The van der Waals surface area contributed by atoms with E-state index in [-0.39, 0.29) is 4.90 Å². The number of unbranched alkanes of at least 4 members (excludes halogenated alkanes) is 1. The van der Waals surface area contributed by atoms with Crippen LogP contribution in [0, 0.1) is 0 Å². The molecule has 18 heavy (non-hydrogen) atoms. The third kappa shape index (κ3) is 3.54. The molecule has 0 radical (unpaired) electrons. The summed E-state index contributed by atoms with van der Waals surface area (Å²) in [7, 11) is -1.81. The molecule has 0 heterocycles. The van der Waals surface area contributed by atoms with Crippen molar-refractivity contribution in [3.8, 4) is 0 Å². The lowest BCUT2D eigenvalue weighted by atomic mass is 10.1. The summed E-state index contributed by atoms with van der Waals surface area (Å²) in [5, 5.41) is 9.38. The lowest BCUT2D eigenvalue weighted by Gasteiger charge is -2.17. The zero-order valence-electron chi connectivity index (χ0n) is 11.1. The van der Waals surface area contributed by atoms with E-state index in [0.29, 0.717) is 12.1 Å². The molecule has 102 valence electrons. The number of rotatable bonds is 6. The fraction of sp³-hybridized carbons (Fsp3) is 0.538. The van der Waals surface area contributed by atoms with Gasteiger partial charge in [-0.1, -0.05) is 25.5 Å². The van der Waals surface area contributed by atoms with Crippen molar-refractivity contribution in [3.63, 3.8) is 0 Å². The van der Waals surface area contributed by atoms with Crippen LogP contribution < -0.4 is 0 Å². The molecule has 0 aliphatic rings. The number of nitrogens with zero attached hydrogens (tertiary/aromatic N) is 1. The van der Waals surface area contributed by atoms with Gasteiger partial charge in [0, 0.05) is 13.6 Å². The second-order valence-corrected chi connectivity index (χ2v) is 6.47. The second kappa shape index (κ2) is 6.31. The maximum atomic E-state index is 12.2. The van der Waals surface area contributed by atoms with Gasteiger partial charge in [0.05, 0.1) is 11.0 Å². The molecule has 0 aliphatic heterocycles. The molecule has 0 saturated carbocycles. The van der Waals surface area contributed by atoms with Crippen LogP contribution in [0.15, 0.2) is 29.2 Å². The van der Waals surface area contributed by atoms with Crippen LogP contribution in [0.1, 0.15) is 38.4 Å². The molecule has 1 aromatic rings. The summed E-state index contributed by atoms with van der Waals surface area (Å²) in [4.78, 5) is 0.269. The number of sulfonamides is 1. The first kappa shape index (κ1) is 15.1. The van der Waals surface area contributed by atoms with Gasteiger partial charge in [-0.25, -0.2) is 12.7 Å². The van der Waals surface area contributed by atoms with Crippen LogP contribution >= 0.6 is 0 Å². The zero-order chi connectivity index (χ0) is 13.8. The largest absolute Gasteiger partial charge is 0.389 e. The number of benzene rings is 1. The Morgan fingerprint density at radius 1 is 1.28 bits per heavy atom. The number of hydrogen-bond donors (Lipinski definition) is 1. The first-order valence-corrected chi connectivity index (χ1v) is 7.58. The molecule has 1 rings (SSSR count). The predicted octanol–water partition coefficient (Wildman–Crippen LogP) is 2.16. The maximum Gasteiger partial charge on any atom is 0.242 e. The Balaban J connectivity index is 2.91. The summed E-state index contributed by atoms with van der Waals surface area (Å²) < 4.78 is 25.7. The highest BCUT2D eigenvalue weighted by Gasteiger charge is 2.20. The quantitative estimate of drug-likeness (QED) is 0.862. The van der Waals surface area contributed by atoms with E-state index in [2.05, 4.69) is 0 Å². The van der Waals surface area contributed by atoms with Crippen LogP contribution in [-0.4, -0.2) is 31.4 Å². The Kier molecular flexibility index (Phi) is 5.31. The number of hydrogen-bond acceptors (Lipinski definition) is 3. The Morgan fingerprint density at radius 2 is 1.83 bits per heavy atom. The normalized spacial score (nSPS) is 13.8. The highest BCUT2D eigenvalue weighted by Crippen LogP contribution is 2.18. The third-order valence-corrected chi connectivity index (χ3v) is 4.77. The van der Waals surface area contributed by atoms with E-state index in [0.717, 1.165) is 12.8 Å². The highest BCUT2D eigenvalue weighted by molar-refractivity contribution is 7.89. The molecule has 0 aromatic heterocycles. The van der Waals surface area contributed by atoms with Crippen LogP contribution in [0.25, 0.3) is 0 Å². The molecule has 0 bridgehead atoms. The van der Waals surface area contributed by atoms with Crippen LogP contribution in [0.5, 0.6) is 0 Å². The Hall–Kier alpha value is -0.910. The summed E-state index contributed by atoms with van der Waals surface area (Å²) in [6, 6.07) is 6.37. The van der Waals surface area contributed by atoms with Crippen LogP contribution in [0.3, 0.4) is 0 Å². The van der Waals surface area contributed by atoms with Gasteiger partial charge in [-0.05, 0) is 31.0 Å². The summed E-state index contributed by atoms with van der Waals surface area (Å²) in [6.45, 7) is 4.20. The standard InChI is InChI=1S/C13H21NO3S/c1-4-5-10-14(3)18(16,17)13-8-6-12(7-9-13)11(2)15/h6-9,11,15H,4-5,10H2,1-3H3. The molecule has 5 heteroatoms. The smallest absolute Gasteiger partial charge is 0.242 e. The zero-order valence-corrected chi connectivity index (χ0v) is 11.9. The van der Waals surface area contributed by atoms with Gasteiger partial charge < -0.3 is 5.11 Å². The summed E-state index contributed by atoms with van der Waals surface area (Å²) in [5.74, 6) is 0. The van der Waals surface area contributed by atoms with Gasteiger partial charge in [-0.2, -0.15) is 0 Å². The third-order valence-electron chi connectivity index (χ3n) is 2.90. The average molecular weight is 271 g/mol. The lowest BCUT2D eigenvalue weighted by molar-refractivity contribution is 0.199. The van der Waals surface area contributed by atoms with Crippen molar-refractivity contribution >= 4 is 10.0 Å². The fourth-order valence-electron chi connectivity index (χ4n) is 1.60. The van der Waals surface area contributed by atoms with Gasteiger partial charge in [0.25, 0.3) is 0 Å². The molecular weight excluding hydrogens is 250 g/mol. The molecule has 0 amide bonds. The predicted molar refractivity (Wildman–Crippen MR) is 71.8 cm³/mol. The molecule has 0 saturated heterocycles. The molecule has 0 aliphatic carbocycles. The van der Waals surface area contributed by atoms with Gasteiger partial charge in [0.15, 0.2) is 0 Å². The van der Waals surface area contributed by atoms with Gasteiger partial charge in [-0.3, -0.25) is 0 Å². The minimum Gasteiger partial charge on any atom is -0.389 e. The van der Waals surface area contributed by atoms with E-state index in [4.69, 9.17) is 0 Å². The van der Waals surface area contributed by atoms with E-state index in [1.807, 2.05) is 6.92 Å². The van der Waals surface area contributed by atoms with E-state index >= 15 is 0 Å². The van der Waals surface area contributed by atoms with E-state index in [1.54, 1.807) is 38.2 Å². The second-order valence-electron chi connectivity index (χ2n) is 4.43. The summed E-state index contributed by atoms with van der Waals surface area (Å²) in [6.07, 6.45) is 1.22. The molecule has 1 unspecified atom stereocenters. The molecule has 4 nitrogen and oxygen atoms in total. The minimum absolute atomic E-state index is 0.269. The van der Waals surface area contributed by atoms with Crippen molar-refractivity contribution in [1.82, 2.24) is 4.31 Å². The topological polar surface area (TPSA) is 57.6 Å². The van der Waals surface area contributed by atoms with Crippen molar-refractivity contribution in [2.75, 3.05) is 13.6 Å². The molecule has 0 spiro atoms. The average Bonchev–Trinajstić information content (AvgIpc) is 2.35. The van der Waals surface area contributed by atoms with Gasteiger partial charge in [-0.15, -0.1) is 0 Å². The van der Waals surface area contributed by atoms with Gasteiger partial charge in [0.1, 0.15) is 0 Å². The van der Waals surface area contributed by atoms with E-state index in [9.17, 15) is 13.5 Å². The lowest BCUT2D eigenvalue weighted by Crippen LogP contribution is -2.27.